The molecule has 0 aromatic carbocycles. The van der Waals surface area contributed by atoms with Crippen LogP contribution in [0.1, 0.15) is 43.9 Å². The van der Waals surface area contributed by atoms with Crippen molar-refractivity contribution in [2.24, 2.45) is 5.92 Å². The van der Waals surface area contributed by atoms with Crippen molar-refractivity contribution in [2.45, 2.75) is 51.6 Å². The van der Waals surface area contributed by atoms with Crippen LogP contribution >= 0.6 is 27.3 Å². The number of nitrogens with one attached hydrogen (secondary N) is 1. The first-order valence-electron chi connectivity index (χ1n) is 6.23. The van der Waals surface area contributed by atoms with E-state index in [2.05, 4.69) is 40.3 Å². The third-order valence-electron chi connectivity index (χ3n) is 3.53. The SMILES string of the molecule is CC1CCCCCC1NCc1ccc(Br)s1. The number of thiophene rings is 1. The molecule has 1 aliphatic carbocycles. The first kappa shape index (κ1) is 12.6. The maximum Gasteiger partial charge on any atom is 0.0701 e. The van der Waals surface area contributed by atoms with Gasteiger partial charge in [0.2, 0.25) is 0 Å². The zero-order chi connectivity index (χ0) is 11.4. The normalized spacial score (nSPS) is 26.6. The molecule has 1 saturated carbocycles. The molecule has 0 bridgehead atoms. The number of rotatable bonds is 3. The Hall–Kier alpha value is 0.140. The maximum absolute atomic E-state index is 3.73. The molecule has 1 aliphatic rings. The molecule has 0 amide bonds. The van der Waals surface area contributed by atoms with E-state index < -0.39 is 0 Å². The zero-order valence-electron chi connectivity index (χ0n) is 9.84. The summed E-state index contributed by atoms with van der Waals surface area (Å²) >= 11 is 5.35. The molecule has 1 heterocycles. The maximum atomic E-state index is 3.73. The van der Waals surface area contributed by atoms with Crippen LogP contribution in [0.25, 0.3) is 0 Å². The Morgan fingerprint density at radius 2 is 2.12 bits per heavy atom. The number of halogens is 1. The predicted octanol–water partition coefficient (Wildman–Crippen LogP) is 4.57. The van der Waals surface area contributed by atoms with Crippen LogP contribution in [0.5, 0.6) is 0 Å². The third-order valence-corrected chi connectivity index (χ3v) is 5.15. The lowest BCUT2D eigenvalue weighted by Gasteiger charge is -2.22. The average Bonchev–Trinajstić information content (AvgIpc) is 2.56. The molecule has 1 fully saturated rings. The molecule has 1 aromatic heterocycles. The lowest BCUT2D eigenvalue weighted by Crippen LogP contribution is -2.33. The lowest BCUT2D eigenvalue weighted by molar-refractivity contribution is 0.357. The predicted molar refractivity (Wildman–Crippen MR) is 74.9 cm³/mol. The first-order chi connectivity index (χ1) is 7.75. The molecule has 1 nitrogen and oxygen atoms in total. The summed E-state index contributed by atoms with van der Waals surface area (Å²) in [4.78, 5) is 1.43. The van der Waals surface area contributed by atoms with E-state index >= 15 is 0 Å². The minimum Gasteiger partial charge on any atom is -0.309 e. The fourth-order valence-electron chi connectivity index (χ4n) is 2.47. The fourth-order valence-corrected chi connectivity index (χ4v) is 3.91. The molecule has 3 heteroatoms. The van der Waals surface area contributed by atoms with Crippen LogP contribution in [0.4, 0.5) is 0 Å². The molecule has 1 aromatic rings. The van der Waals surface area contributed by atoms with E-state index in [4.69, 9.17) is 0 Å². The minimum atomic E-state index is 0.725. The van der Waals surface area contributed by atoms with Crippen molar-refractivity contribution in [1.29, 1.82) is 0 Å². The quantitative estimate of drug-likeness (QED) is 0.807. The van der Waals surface area contributed by atoms with Gasteiger partial charge in [-0.2, -0.15) is 0 Å². The van der Waals surface area contributed by atoms with Gasteiger partial charge in [0.1, 0.15) is 0 Å². The van der Waals surface area contributed by atoms with Gasteiger partial charge in [0.05, 0.1) is 3.79 Å². The smallest absolute Gasteiger partial charge is 0.0701 e. The van der Waals surface area contributed by atoms with Crippen LogP contribution in [0.15, 0.2) is 15.9 Å². The van der Waals surface area contributed by atoms with Crippen LogP contribution in [0.3, 0.4) is 0 Å². The zero-order valence-corrected chi connectivity index (χ0v) is 12.2. The lowest BCUT2D eigenvalue weighted by atomic mass is 9.97. The number of hydrogen-bond acceptors (Lipinski definition) is 2. The van der Waals surface area contributed by atoms with E-state index in [0.29, 0.717) is 0 Å². The van der Waals surface area contributed by atoms with Crippen molar-refractivity contribution in [3.8, 4) is 0 Å². The van der Waals surface area contributed by atoms with Crippen molar-refractivity contribution in [3.05, 3.63) is 20.8 Å². The summed E-state index contributed by atoms with van der Waals surface area (Å²) in [5.74, 6) is 0.839. The Bertz CT molecular complexity index is 323. The monoisotopic (exact) mass is 301 g/mol. The van der Waals surface area contributed by atoms with E-state index in [-0.39, 0.29) is 0 Å². The van der Waals surface area contributed by atoms with Crippen molar-refractivity contribution >= 4 is 27.3 Å². The summed E-state index contributed by atoms with van der Waals surface area (Å²) in [6, 6.07) is 5.07. The van der Waals surface area contributed by atoms with E-state index in [1.54, 1.807) is 0 Å². The van der Waals surface area contributed by atoms with Crippen molar-refractivity contribution in [2.75, 3.05) is 0 Å². The molecule has 0 radical (unpaired) electrons. The highest BCUT2D eigenvalue weighted by molar-refractivity contribution is 9.11. The highest BCUT2D eigenvalue weighted by Crippen LogP contribution is 2.25. The molecular formula is C13H20BrNS. The van der Waals surface area contributed by atoms with Crippen LogP contribution in [-0.4, -0.2) is 6.04 Å². The molecule has 0 saturated heterocycles. The minimum absolute atomic E-state index is 0.725. The van der Waals surface area contributed by atoms with Crippen LogP contribution in [0.2, 0.25) is 0 Å². The van der Waals surface area contributed by atoms with Gasteiger partial charge in [0.25, 0.3) is 0 Å². The Balaban J connectivity index is 1.83. The van der Waals surface area contributed by atoms with Crippen LogP contribution in [0, 0.1) is 5.92 Å². The van der Waals surface area contributed by atoms with E-state index in [0.717, 1.165) is 18.5 Å². The molecule has 0 spiro atoms. The topological polar surface area (TPSA) is 12.0 Å². The Morgan fingerprint density at radius 3 is 2.88 bits per heavy atom. The van der Waals surface area contributed by atoms with Gasteiger partial charge in [0.15, 0.2) is 0 Å². The molecule has 2 unspecified atom stereocenters. The van der Waals surface area contributed by atoms with Crippen LogP contribution in [-0.2, 0) is 6.54 Å². The summed E-state index contributed by atoms with van der Waals surface area (Å²) in [7, 11) is 0. The van der Waals surface area contributed by atoms with Gasteiger partial charge in [-0.1, -0.05) is 26.2 Å². The number of hydrogen-bond donors (Lipinski definition) is 1. The van der Waals surface area contributed by atoms with Gasteiger partial charge in [-0.15, -0.1) is 11.3 Å². The average molecular weight is 302 g/mol. The van der Waals surface area contributed by atoms with Crippen molar-refractivity contribution < 1.29 is 0 Å². The van der Waals surface area contributed by atoms with Gasteiger partial charge in [0, 0.05) is 17.5 Å². The van der Waals surface area contributed by atoms with E-state index in [1.807, 2.05) is 11.3 Å². The molecular weight excluding hydrogens is 282 g/mol. The Kier molecular flexibility index (Phi) is 4.86. The standard InChI is InChI=1S/C13H20BrNS/c1-10-5-3-2-4-6-12(10)15-9-11-7-8-13(14)16-11/h7-8,10,12,15H,2-6,9H2,1H3. The molecule has 2 rings (SSSR count). The second kappa shape index (κ2) is 6.18. The molecule has 1 N–H and O–H groups in total. The second-order valence-corrected chi connectivity index (χ2v) is 7.36. The van der Waals surface area contributed by atoms with Crippen LogP contribution < -0.4 is 5.32 Å². The van der Waals surface area contributed by atoms with E-state index in [1.165, 1.54) is 40.8 Å². The highest BCUT2D eigenvalue weighted by Gasteiger charge is 2.19. The van der Waals surface area contributed by atoms with Gasteiger partial charge < -0.3 is 5.32 Å². The Morgan fingerprint density at radius 1 is 1.31 bits per heavy atom. The summed E-state index contributed by atoms with van der Waals surface area (Å²) in [5.41, 5.74) is 0. The summed E-state index contributed by atoms with van der Waals surface area (Å²) < 4.78 is 1.23. The van der Waals surface area contributed by atoms with Gasteiger partial charge in [-0.25, -0.2) is 0 Å². The first-order valence-corrected chi connectivity index (χ1v) is 7.84. The van der Waals surface area contributed by atoms with Gasteiger partial charge >= 0.3 is 0 Å². The molecule has 0 aliphatic heterocycles. The molecule has 16 heavy (non-hydrogen) atoms. The highest BCUT2D eigenvalue weighted by atomic mass is 79.9. The fraction of sp³-hybridized carbons (Fsp3) is 0.692. The van der Waals surface area contributed by atoms with Crippen molar-refractivity contribution in [3.63, 3.8) is 0 Å². The molecule has 2 atom stereocenters. The Labute approximate surface area is 111 Å². The summed E-state index contributed by atoms with van der Waals surface area (Å²) in [6.07, 6.45) is 6.99. The van der Waals surface area contributed by atoms with E-state index in [9.17, 15) is 0 Å². The van der Waals surface area contributed by atoms with Crippen molar-refractivity contribution in [1.82, 2.24) is 5.32 Å². The summed E-state index contributed by atoms with van der Waals surface area (Å²) in [6.45, 7) is 3.43. The summed E-state index contributed by atoms with van der Waals surface area (Å²) in [5, 5.41) is 3.73. The molecule has 90 valence electrons. The third kappa shape index (κ3) is 3.57. The second-order valence-electron chi connectivity index (χ2n) is 4.81. The van der Waals surface area contributed by atoms with Gasteiger partial charge in [-0.3, -0.25) is 0 Å². The van der Waals surface area contributed by atoms with Gasteiger partial charge in [-0.05, 0) is 46.8 Å². The largest absolute Gasteiger partial charge is 0.309 e.